The minimum atomic E-state index is -0.0113. The molecule has 0 saturated heterocycles. The Kier molecular flexibility index (Phi) is 9.78. The lowest BCUT2D eigenvalue weighted by Crippen LogP contribution is -2.28. The Morgan fingerprint density at radius 1 is 1.18 bits per heavy atom. The van der Waals surface area contributed by atoms with Crippen LogP contribution in [0.2, 0.25) is 0 Å². The van der Waals surface area contributed by atoms with E-state index in [-0.39, 0.29) is 12.1 Å². The van der Waals surface area contributed by atoms with E-state index >= 15 is 0 Å². The molecule has 0 radical (unpaired) electrons. The van der Waals surface area contributed by atoms with Crippen molar-refractivity contribution >= 4 is 0 Å². The Morgan fingerprint density at radius 3 is 2.24 bits per heavy atom. The number of methoxy groups -OCH3 is 1. The van der Waals surface area contributed by atoms with Crippen LogP contribution in [-0.2, 0) is 4.74 Å². The Hall–Kier alpha value is -0.860. The monoisotopic (exact) mass is 237 g/mol. The second-order valence-electron chi connectivity index (χ2n) is 3.85. The first-order chi connectivity index (χ1) is 8.29. The fraction of sp³-hybridized carbons (Fsp3) is 0.600. The van der Waals surface area contributed by atoms with E-state index in [0.29, 0.717) is 0 Å². The smallest absolute Gasteiger partial charge is 0.0763 e. The minimum absolute atomic E-state index is 0.0113. The summed E-state index contributed by atoms with van der Waals surface area (Å²) < 4.78 is 5.44. The molecule has 0 aliphatic heterocycles. The van der Waals surface area contributed by atoms with Gasteiger partial charge in [-0.1, -0.05) is 63.9 Å². The van der Waals surface area contributed by atoms with Crippen LogP contribution in [-0.4, -0.2) is 13.2 Å². The third kappa shape index (κ3) is 5.85. The minimum Gasteiger partial charge on any atom is -0.379 e. The molecule has 0 spiro atoms. The van der Waals surface area contributed by atoms with Gasteiger partial charge in [0.25, 0.3) is 0 Å². The number of rotatable bonds is 6. The summed E-state index contributed by atoms with van der Waals surface area (Å²) in [6.07, 6.45) is 3.51. The molecule has 2 N–H and O–H groups in total. The number of hydrogen-bond acceptors (Lipinski definition) is 2. The molecule has 0 saturated carbocycles. The number of unbranched alkanes of at least 4 members (excludes halogenated alkanes) is 1. The van der Waals surface area contributed by atoms with Crippen molar-refractivity contribution in [2.45, 2.75) is 52.2 Å². The summed E-state index contributed by atoms with van der Waals surface area (Å²) in [5.41, 5.74) is 7.32. The topological polar surface area (TPSA) is 35.2 Å². The molecule has 0 aliphatic carbocycles. The van der Waals surface area contributed by atoms with Gasteiger partial charge in [-0.2, -0.15) is 0 Å². The van der Waals surface area contributed by atoms with Crippen molar-refractivity contribution in [1.82, 2.24) is 0 Å². The largest absolute Gasteiger partial charge is 0.379 e. The Morgan fingerprint density at radius 2 is 1.76 bits per heavy atom. The van der Waals surface area contributed by atoms with Crippen LogP contribution in [0.3, 0.4) is 0 Å². The maximum atomic E-state index is 6.17. The molecule has 1 rings (SSSR count). The van der Waals surface area contributed by atoms with Gasteiger partial charge in [0.2, 0.25) is 0 Å². The molecule has 0 heterocycles. The van der Waals surface area contributed by atoms with Gasteiger partial charge >= 0.3 is 0 Å². The normalized spacial score (nSPS) is 13.5. The zero-order valence-corrected chi connectivity index (χ0v) is 11.6. The average Bonchev–Trinajstić information content (AvgIpc) is 2.42. The van der Waals surface area contributed by atoms with Crippen molar-refractivity contribution in [3.63, 3.8) is 0 Å². The molecule has 0 fully saturated rings. The Bertz CT molecular complexity index is 261. The van der Waals surface area contributed by atoms with Crippen LogP contribution in [0, 0.1) is 0 Å². The van der Waals surface area contributed by atoms with E-state index < -0.39 is 0 Å². The van der Waals surface area contributed by atoms with Gasteiger partial charge in [0.15, 0.2) is 0 Å². The van der Waals surface area contributed by atoms with E-state index in [4.69, 9.17) is 10.5 Å². The molecule has 0 aromatic heterocycles. The van der Waals surface area contributed by atoms with Crippen LogP contribution in [0.25, 0.3) is 0 Å². The highest BCUT2D eigenvalue weighted by Gasteiger charge is 2.17. The standard InChI is InChI=1S/C13H21NO.C2H6/c1-3-4-10-12(15-2)13(14)11-8-6-5-7-9-11;1-2/h5-9,12-13H,3-4,10,14H2,1-2H3;1-2H3. The van der Waals surface area contributed by atoms with Gasteiger partial charge in [0, 0.05) is 7.11 Å². The van der Waals surface area contributed by atoms with E-state index in [1.165, 1.54) is 12.8 Å². The first kappa shape index (κ1) is 16.1. The lowest BCUT2D eigenvalue weighted by molar-refractivity contribution is 0.0712. The van der Waals surface area contributed by atoms with Crippen LogP contribution in [0.4, 0.5) is 0 Å². The second kappa shape index (κ2) is 10.3. The van der Waals surface area contributed by atoms with Crippen molar-refractivity contribution in [2.75, 3.05) is 7.11 Å². The van der Waals surface area contributed by atoms with Crippen LogP contribution < -0.4 is 5.73 Å². The van der Waals surface area contributed by atoms with E-state index in [1.807, 2.05) is 32.0 Å². The Labute approximate surface area is 106 Å². The van der Waals surface area contributed by atoms with Gasteiger partial charge in [-0.3, -0.25) is 0 Å². The molecule has 0 aliphatic rings. The van der Waals surface area contributed by atoms with Gasteiger partial charge in [0.05, 0.1) is 12.1 Å². The third-order valence-corrected chi connectivity index (χ3v) is 2.73. The second-order valence-corrected chi connectivity index (χ2v) is 3.85. The molecule has 2 unspecified atom stereocenters. The van der Waals surface area contributed by atoms with E-state index in [2.05, 4.69) is 19.1 Å². The van der Waals surface area contributed by atoms with Crippen molar-refractivity contribution in [3.8, 4) is 0 Å². The lowest BCUT2D eigenvalue weighted by Gasteiger charge is -2.22. The lowest BCUT2D eigenvalue weighted by atomic mass is 9.98. The SMILES string of the molecule is CC.CCCCC(OC)C(N)c1ccccc1. The summed E-state index contributed by atoms with van der Waals surface area (Å²) in [4.78, 5) is 0. The summed E-state index contributed by atoms with van der Waals surface area (Å²) >= 11 is 0. The highest BCUT2D eigenvalue weighted by Crippen LogP contribution is 2.20. The van der Waals surface area contributed by atoms with E-state index in [9.17, 15) is 0 Å². The first-order valence-corrected chi connectivity index (χ1v) is 6.63. The van der Waals surface area contributed by atoms with Gasteiger partial charge in [-0.15, -0.1) is 0 Å². The van der Waals surface area contributed by atoms with E-state index in [1.54, 1.807) is 7.11 Å². The van der Waals surface area contributed by atoms with Crippen molar-refractivity contribution in [2.24, 2.45) is 5.73 Å². The zero-order chi connectivity index (χ0) is 13.1. The summed E-state index contributed by atoms with van der Waals surface area (Å²) in [6, 6.07) is 10.1. The molecule has 98 valence electrons. The van der Waals surface area contributed by atoms with Crippen molar-refractivity contribution < 1.29 is 4.74 Å². The number of benzene rings is 1. The van der Waals surface area contributed by atoms with Crippen LogP contribution >= 0.6 is 0 Å². The van der Waals surface area contributed by atoms with Crippen LogP contribution in [0.5, 0.6) is 0 Å². The summed E-state index contributed by atoms with van der Waals surface area (Å²) in [7, 11) is 1.74. The van der Waals surface area contributed by atoms with Crippen molar-refractivity contribution in [1.29, 1.82) is 0 Å². The molecule has 1 aromatic carbocycles. The number of hydrogen-bond donors (Lipinski definition) is 1. The van der Waals surface area contributed by atoms with Gasteiger partial charge in [-0.25, -0.2) is 0 Å². The molecule has 2 atom stereocenters. The number of ether oxygens (including phenoxy) is 1. The first-order valence-electron chi connectivity index (χ1n) is 6.63. The highest BCUT2D eigenvalue weighted by atomic mass is 16.5. The maximum Gasteiger partial charge on any atom is 0.0763 e. The molecule has 2 heteroatoms. The molecule has 17 heavy (non-hydrogen) atoms. The summed E-state index contributed by atoms with van der Waals surface area (Å²) in [6.45, 7) is 6.18. The van der Waals surface area contributed by atoms with Crippen LogP contribution in [0.15, 0.2) is 30.3 Å². The van der Waals surface area contributed by atoms with Gasteiger partial charge in [0.1, 0.15) is 0 Å². The average molecular weight is 237 g/mol. The summed E-state index contributed by atoms with van der Waals surface area (Å²) in [5, 5.41) is 0. The molecular weight excluding hydrogens is 210 g/mol. The zero-order valence-electron chi connectivity index (χ0n) is 11.6. The fourth-order valence-corrected chi connectivity index (χ4v) is 1.74. The fourth-order valence-electron chi connectivity index (χ4n) is 1.74. The highest BCUT2D eigenvalue weighted by molar-refractivity contribution is 5.19. The van der Waals surface area contributed by atoms with Crippen LogP contribution in [0.1, 0.15) is 51.6 Å². The maximum absolute atomic E-state index is 6.17. The third-order valence-electron chi connectivity index (χ3n) is 2.73. The molecule has 0 bridgehead atoms. The van der Waals surface area contributed by atoms with Gasteiger partial charge in [-0.05, 0) is 12.0 Å². The molecule has 2 nitrogen and oxygen atoms in total. The number of nitrogens with two attached hydrogens (primary N) is 1. The Balaban J connectivity index is 0.00000121. The predicted octanol–water partition coefficient (Wildman–Crippen LogP) is 3.92. The molecule has 1 aromatic rings. The quantitative estimate of drug-likeness (QED) is 0.814. The molecular formula is C15H27NO. The predicted molar refractivity (Wildman–Crippen MR) is 75.0 cm³/mol. The van der Waals surface area contributed by atoms with Gasteiger partial charge < -0.3 is 10.5 Å². The van der Waals surface area contributed by atoms with Crippen molar-refractivity contribution in [3.05, 3.63) is 35.9 Å². The molecule has 0 amide bonds. The van der Waals surface area contributed by atoms with E-state index in [0.717, 1.165) is 12.0 Å². The summed E-state index contributed by atoms with van der Waals surface area (Å²) in [5.74, 6) is 0.